The number of furan rings is 1. The van der Waals surface area contributed by atoms with Crippen LogP contribution in [0.4, 0.5) is 15.5 Å². The summed E-state index contributed by atoms with van der Waals surface area (Å²) in [4.78, 5) is 44.1. The Balaban J connectivity index is 2.20. The summed E-state index contributed by atoms with van der Waals surface area (Å²) in [5.74, 6) is -1.20. The minimum atomic E-state index is -1.07. The number of fused-ring (bicyclic) bond motifs is 1. The number of aromatic nitrogens is 1. The minimum Gasteiger partial charge on any atom is -0.501 e. The van der Waals surface area contributed by atoms with Crippen molar-refractivity contribution < 1.29 is 37.7 Å². The van der Waals surface area contributed by atoms with E-state index in [0.29, 0.717) is 17.9 Å². The lowest BCUT2D eigenvalue weighted by atomic mass is 10.1. The Bertz CT molecular complexity index is 1110. The maximum Gasteiger partial charge on any atom is 0.427 e. The van der Waals surface area contributed by atoms with Crippen molar-refractivity contribution in [2.45, 2.75) is 66.1 Å². The van der Waals surface area contributed by atoms with E-state index in [2.05, 4.69) is 4.98 Å². The van der Waals surface area contributed by atoms with Gasteiger partial charge in [0.1, 0.15) is 16.7 Å². The van der Waals surface area contributed by atoms with E-state index in [1.54, 1.807) is 67.0 Å². The molecule has 0 saturated heterocycles. The molecule has 0 spiro atoms. The number of rotatable bonds is 4. The first-order valence-electron chi connectivity index (χ1n) is 11.0. The molecule has 0 saturated carbocycles. The molecule has 0 radical (unpaired) electrons. The Labute approximate surface area is 197 Å². The maximum absolute atomic E-state index is 13.1. The molecule has 1 aliphatic rings. The van der Waals surface area contributed by atoms with Crippen LogP contribution in [0, 0.1) is 0 Å². The fourth-order valence-corrected chi connectivity index (χ4v) is 3.14. The van der Waals surface area contributed by atoms with Crippen LogP contribution in [0.15, 0.2) is 22.9 Å². The molecule has 0 fully saturated rings. The van der Waals surface area contributed by atoms with Crippen LogP contribution in [0.25, 0.3) is 16.7 Å². The summed E-state index contributed by atoms with van der Waals surface area (Å²) in [6, 6.07) is 1.66. The second-order valence-electron chi connectivity index (χ2n) is 9.63. The van der Waals surface area contributed by atoms with Gasteiger partial charge in [-0.05, 0) is 60.1 Å². The Morgan fingerprint density at radius 1 is 1.06 bits per heavy atom. The predicted molar refractivity (Wildman–Crippen MR) is 123 cm³/mol. The first-order valence-corrected chi connectivity index (χ1v) is 11.0. The topological polar surface area (TPSA) is 117 Å². The molecule has 0 aromatic carbocycles. The smallest absolute Gasteiger partial charge is 0.427 e. The van der Waals surface area contributed by atoms with E-state index in [0.717, 1.165) is 11.1 Å². The molecule has 0 bridgehead atoms. The lowest BCUT2D eigenvalue weighted by Crippen LogP contribution is -2.44. The number of amides is 2. The lowest BCUT2D eigenvalue weighted by Gasteiger charge is -2.27. The first-order chi connectivity index (χ1) is 15.8. The first kappa shape index (κ1) is 25.1. The Morgan fingerprint density at radius 3 is 2.18 bits per heavy atom. The third kappa shape index (κ3) is 5.67. The summed E-state index contributed by atoms with van der Waals surface area (Å²) in [5.41, 5.74) is -0.115. The average Bonchev–Trinajstić information content (AvgIpc) is 3.32. The molecule has 3 heterocycles. The van der Waals surface area contributed by atoms with Crippen molar-refractivity contribution in [1.82, 2.24) is 4.98 Å². The molecule has 0 aliphatic carbocycles. The van der Waals surface area contributed by atoms with Crippen LogP contribution in [0.1, 0.15) is 70.8 Å². The zero-order valence-corrected chi connectivity index (χ0v) is 20.5. The zero-order valence-electron chi connectivity index (χ0n) is 20.5. The number of ether oxygens (including phenoxy) is 4. The molecule has 3 rings (SSSR count). The number of carbonyl (C=O) groups is 3. The summed E-state index contributed by atoms with van der Waals surface area (Å²) < 4.78 is 27.2. The monoisotopic (exact) mass is 474 g/mol. The number of hydrogen-bond acceptors (Lipinski definition) is 9. The number of carbonyl (C=O) groups excluding carboxylic acids is 3. The van der Waals surface area contributed by atoms with Gasteiger partial charge >= 0.3 is 18.2 Å². The maximum atomic E-state index is 13.1. The molecule has 2 amide bonds. The van der Waals surface area contributed by atoms with Crippen LogP contribution in [0.3, 0.4) is 0 Å². The summed E-state index contributed by atoms with van der Waals surface area (Å²) >= 11 is 0. The third-order valence-corrected chi connectivity index (χ3v) is 4.43. The van der Waals surface area contributed by atoms with Gasteiger partial charge in [0.05, 0.1) is 19.5 Å². The van der Waals surface area contributed by atoms with Crippen molar-refractivity contribution in [2.24, 2.45) is 0 Å². The second-order valence-corrected chi connectivity index (χ2v) is 9.63. The Morgan fingerprint density at radius 2 is 1.68 bits per heavy atom. The highest BCUT2D eigenvalue weighted by Crippen LogP contribution is 2.36. The molecule has 10 nitrogen and oxygen atoms in total. The highest BCUT2D eigenvalue weighted by molar-refractivity contribution is 6.16. The van der Waals surface area contributed by atoms with E-state index >= 15 is 0 Å². The van der Waals surface area contributed by atoms with E-state index in [9.17, 15) is 14.4 Å². The molecule has 0 unspecified atom stereocenters. The van der Waals surface area contributed by atoms with Crippen molar-refractivity contribution in [1.29, 1.82) is 0 Å². The van der Waals surface area contributed by atoms with Gasteiger partial charge in [-0.2, -0.15) is 0 Å². The number of imide groups is 1. The van der Waals surface area contributed by atoms with E-state index in [1.165, 1.54) is 0 Å². The fraction of sp³-hybridized carbons (Fsp3) is 0.500. The van der Waals surface area contributed by atoms with Crippen LogP contribution in [-0.2, 0) is 18.9 Å². The average molecular weight is 475 g/mol. The Hall–Kier alpha value is -3.56. The summed E-state index contributed by atoms with van der Waals surface area (Å²) in [5, 5.41) is 0. The van der Waals surface area contributed by atoms with Gasteiger partial charge in [-0.1, -0.05) is 0 Å². The number of hydrogen-bond donors (Lipinski definition) is 0. The summed E-state index contributed by atoms with van der Waals surface area (Å²) in [6.45, 7) is 12.1. The van der Waals surface area contributed by atoms with Crippen molar-refractivity contribution in [2.75, 3.05) is 18.1 Å². The Kier molecular flexibility index (Phi) is 6.90. The lowest BCUT2D eigenvalue weighted by molar-refractivity contribution is 0.0422. The van der Waals surface area contributed by atoms with E-state index in [4.69, 9.17) is 23.4 Å². The van der Waals surface area contributed by atoms with Gasteiger partial charge < -0.3 is 23.4 Å². The van der Waals surface area contributed by atoms with Crippen LogP contribution >= 0.6 is 0 Å². The number of esters is 1. The molecular formula is C24H30N2O8. The molecule has 0 atom stereocenters. The van der Waals surface area contributed by atoms with Crippen molar-refractivity contribution in [3.63, 3.8) is 0 Å². The number of nitrogens with zero attached hydrogens (tertiary/aromatic N) is 2. The highest BCUT2D eigenvalue weighted by Gasteiger charge is 2.39. The van der Waals surface area contributed by atoms with E-state index in [-0.39, 0.29) is 23.3 Å². The molecule has 2 aromatic rings. The van der Waals surface area contributed by atoms with Gasteiger partial charge in [0.25, 0.3) is 0 Å². The van der Waals surface area contributed by atoms with Gasteiger partial charge in [-0.15, -0.1) is 4.90 Å². The fourth-order valence-electron chi connectivity index (χ4n) is 3.14. The van der Waals surface area contributed by atoms with E-state index < -0.39 is 35.2 Å². The molecule has 0 N–H and O–H groups in total. The molecule has 1 aliphatic heterocycles. The van der Waals surface area contributed by atoms with Crippen LogP contribution in [0.5, 0.6) is 0 Å². The second kappa shape index (κ2) is 9.36. The molecular weight excluding hydrogens is 444 g/mol. The van der Waals surface area contributed by atoms with Crippen molar-refractivity contribution in [3.05, 3.63) is 29.7 Å². The summed E-state index contributed by atoms with van der Waals surface area (Å²) in [6.07, 6.45) is 1.74. The van der Waals surface area contributed by atoms with Crippen molar-refractivity contribution in [3.8, 4) is 0 Å². The van der Waals surface area contributed by atoms with Crippen LogP contribution in [-0.4, -0.2) is 47.6 Å². The van der Waals surface area contributed by atoms with E-state index in [1.807, 2.05) is 0 Å². The highest BCUT2D eigenvalue weighted by atomic mass is 16.6. The number of pyridine rings is 1. The SMILES string of the molecule is CCOC(=O)c1c(N(C(=O)OC(C)(C)C)C(=O)OC(C)(C)C)oc2cc(C3=COCC3)cnc12. The van der Waals surface area contributed by atoms with Gasteiger partial charge in [-0.3, -0.25) is 4.98 Å². The quantitative estimate of drug-likeness (QED) is 0.421. The van der Waals surface area contributed by atoms with Gasteiger partial charge in [0, 0.05) is 18.2 Å². The van der Waals surface area contributed by atoms with Crippen LogP contribution < -0.4 is 4.90 Å². The molecule has 10 heteroatoms. The standard InChI is InChI=1S/C24H30N2O8/c1-8-31-20(27)17-18-16(11-15(12-25-18)14-9-10-30-13-14)32-19(17)26(21(28)33-23(2,3)4)22(29)34-24(5,6)7/h11-13H,8-10H2,1-7H3. The summed E-state index contributed by atoms with van der Waals surface area (Å²) in [7, 11) is 0. The van der Waals surface area contributed by atoms with Gasteiger partial charge in [0.2, 0.25) is 5.88 Å². The molecule has 184 valence electrons. The molecule has 34 heavy (non-hydrogen) atoms. The molecule has 2 aromatic heterocycles. The van der Waals surface area contributed by atoms with Gasteiger partial charge in [0.15, 0.2) is 11.1 Å². The largest absolute Gasteiger partial charge is 0.501 e. The predicted octanol–water partition coefficient (Wildman–Crippen LogP) is 5.44. The van der Waals surface area contributed by atoms with Gasteiger partial charge in [-0.25, -0.2) is 14.4 Å². The number of anilines is 1. The normalized spacial score (nSPS) is 13.8. The third-order valence-electron chi connectivity index (χ3n) is 4.43. The van der Waals surface area contributed by atoms with Crippen molar-refractivity contribution >= 4 is 40.7 Å². The minimum absolute atomic E-state index is 0.0616. The van der Waals surface area contributed by atoms with Crippen LogP contribution in [0.2, 0.25) is 0 Å². The zero-order chi connectivity index (χ0) is 25.3.